The van der Waals surface area contributed by atoms with Crippen molar-refractivity contribution in [1.82, 2.24) is 9.88 Å². The van der Waals surface area contributed by atoms with Crippen LogP contribution in [0.3, 0.4) is 0 Å². The maximum Gasteiger partial charge on any atom is 0.308 e. The highest BCUT2D eigenvalue weighted by Crippen LogP contribution is 2.35. The zero-order valence-electron chi connectivity index (χ0n) is 20.6. The molecular weight excluding hydrogens is 463 g/mol. The van der Waals surface area contributed by atoms with Crippen molar-refractivity contribution >= 4 is 28.2 Å². The molecular formula is C28H35FN2O3S. The van der Waals surface area contributed by atoms with Gasteiger partial charge in [-0.15, -0.1) is 11.3 Å². The number of ether oxygens (including phenoxy) is 1. The number of benzene rings is 1. The van der Waals surface area contributed by atoms with Gasteiger partial charge in [0, 0.05) is 27.9 Å². The summed E-state index contributed by atoms with van der Waals surface area (Å²) in [4.78, 5) is 21.4. The van der Waals surface area contributed by atoms with Crippen LogP contribution in [0.15, 0.2) is 42.6 Å². The first-order valence-electron chi connectivity index (χ1n) is 12.5. The zero-order valence-corrected chi connectivity index (χ0v) is 21.4. The summed E-state index contributed by atoms with van der Waals surface area (Å²) in [6, 6.07) is 11.6. The van der Waals surface area contributed by atoms with Crippen LogP contribution in [0.25, 0.3) is 10.9 Å². The molecule has 4 rings (SSSR count). The number of carboxylic acid groups (broad SMARTS) is 1. The summed E-state index contributed by atoms with van der Waals surface area (Å²) in [7, 11) is 1.59. The highest BCUT2D eigenvalue weighted by atomic mass is 32.1. The number of aryl methyl sites for hydroxylation is 2. The Balaban J connectivity index is 1.30. The standard InChI is InChI=1S/C28H35FN2O3S/c1-19-6-9-22(35-19)5-3-4-15-31-16-13-20(25(18-31)28(32)33)7-10-26(29)23-12-14-30-27-11-8-21(34-2)17-24(23)27/h6,8-9,11-12,14,17,20,25-26H,3-5,7,10,13,15-16,18H2,1-2H3,(H,32,33)/t20-,25+,26+/m1/s1. The Bertz CT molecular complexity index is 1130. The van der Waals surface area contributed by atoms with E-state index in [2.05, 4.69) is 28.9 Å². The van der Waals surface area contributed by atoms with Gasteiger partial charge in [0.25, 0.3) is 0 Å². The molecule has 0 bridgehead atoms. The summed E-state index contributed by atoms with van der Waals surface area (Å²) in [5.74, 6) is -0.532. The number of hydrogen-bond donors (Lipinski definition) is 1. The minimum absolute atomic E-state index is 0.00117. The lowest BCUT2D eigenvalue weighted by molar-refractivity contribution is -0.146. The Labute approximate surface area is 210 Å². The number of aromatic nitrogens is 1. The number of likely N-dealkylation sites (tertiary alicyclic amines) is 1. The molecule has 1 aromatic carbocycles. The third kappa shape index (κ3) is 6.58. The van der Waals surface area contributed by atoms with Crippen molar-refractivity contribution in [1.29, 1.82) is 0 Å². The number of halogens is 1. The number of carboxylic acids is 1. The van der Waals surface area contributed by atoms with Crippen LogP contribution in [0.2, 0.25) is 0 Å². The van der Waals surface area contributed by atoms with E-state index in [9.17, 15) is 9.90 Å². The molecule has 1 fully saturated rings. The number of thiophene rings is 1. The van der Waals surface area contributed by atoms with Crippen LogP contribution in [-0.2, 0) is 11.2 Å². The zero-order chi connectivity index (χ0) is 24.8. The van der Waals surface area contributed by atoms with Gasteiger partial charge in [-0.1, -0.05) is 0 Å². The molecule has 7 heteroatoms. The molecule has 3 heterocycles. The van der Waals surface area contributed by atoms with Crippen molar-refractivity contribution in [3.8, 4) is 5.75 Å². The fourth-order valence-electron chi connectivity index (χ4n) is 5.21. The van der Waals surface area contributed by atoms with E-state index in [4.69, 9.17) is 4.74 Å². The summed E-state index contributed by atoms with van der Waals surface area (Å²) in [5.41, 5.74) is 1.33. The lowest BCUT2D eigenvalue weighted by Gasteiger charge is -2.37. The number of hydrogen-bond acceptors (Lipinski definition) is 5. The molecule has 1 saturated heterocycles. The Hall–Kier alpha value is -2.51. The van der Waals surface area contributed by atoms with Gasteiger partial charge in [-0.25, -0.2) is 4.39 Å². The van der Waals surface area contributed by atoms with Crippen LogP contribution < -0.4 is 4.74 Å². The van der Waals surface area contributed by atoms with Gasteiger partial charge in [-0.2, -0.15) is 0 Å². The van der Waals surface area contributed by atoms with E-state index in [1.54, 1.807) is 19.4 Å². The minimum atomic E-state index is -1.17. The Morgan fingerprint density at radius 1 is 1.29 bits per heavy atom. The number of alkyl halides is 1. The molecule has 5 nitrogen and oxygen atoms in total. The summed E-state index contributed by atoms with van der Waals surface area (Å²) >= 11 is 1.86. The molecule has 1 aliphatic heterocycles. The number of methoxy groups -OCH3 is 1. The number of rotatable bonds is 11. The summed E-state index contributed by atoms with van der Waals surface area (Å²) < 4.78 is 20.7. The van der Waals surface area contributed by atoms with Crippen LogP contribution in [0.5, 0.6) is 5.75 Å². The van der Waals surface area contributed by atoms with Gasteiger partial charge in [0.15, 0.2) is 0 Å². The van der Waals surface area contributed by atoms with Gasteiger partial charge < -0.3 is 14.7 Å². The maximum atomic E-state index is 15.4. The van der Waals surface area contributed by atoms with E-state index in [1.165, 1.54) is 9.75 Å². The van der Waals surface area contributed by atoms with Gasteiger partial charge in [0.1, 0.15) is 11.9 Å². The average Bonchev–Trinajstić information content (AvgIpc) is 3.29. The second-order valence-electron chi connectivity index (χ2n) is 9.59. The smallest absolute Gasteiger partial charge is 0.308 e. The summed E-state index contributed by atoms with van der Waals surface area (Å²) in [6.45, 7) is 4.51. The maximum absolute atomic E-state index is 15.4. The molecule has 0 spiro atoms. The first kappa shape index (κ1) is 25.6. The fraction of sp³-hybridized carbons (Fsp3) is 0.500. The SMILES string of the molecule is COc1ccc2nccc([C@@H](F)CC[C@@H]3CCN(CCCCc4ccc(C)s4)C[C@@H]3C(=O)O)c2c1. The second kappa shape index (κ2) is 12.0. The van der Waals surface area contributed by atoms with E-state index >= 15 is 4.39 Å². The number of nitrogens with zero attached hydrogens (tertiary/aromatic N) is 2. The van der Waals surface area contributed by atoms with Gasteiger partial charge in [0.2, 0.25) is 0 Å². The molecule has 3 atom stereocenters. The molecule has 0 aliphatic carbocycles. The van der Waals surface area contributed by atoms with Crippen molar-refractivity contribution in [2.24, 2.45) is 11.8 Å². The van der Waals surface area contributed by atoms with Crippen LogP contribution in [-0.4, -0.2) is 47.7 Å². The summed E-state index contributed by atoms with van der Waals surface area (Å²) in [6.07, 6.45) is 5.42. The monoisotopic (exact) mass is 498 g/mol. The Morgan fingerprint density at radius 2 is 2.14 bits per heavy atom. The average molecular weight is 499 g/mol. The second-order valence-corrected chi connectivity index (χ2v) is 11.0. The van der Waals surface area contributed by atoms with Crippen molar-refractivity contribution in [3.05, 3.63) is 57.9 Å². The molecule has 2 aromatic heterocycles. The van der Waals surface area contributed by atoms with E-state index in [0.29, 0.717) is 30.7 Å². The summed E-state index contributed by atoms with van der Waals surface area (Å²) in [5, 5.41) is 10.6. The number of aliphatic carboxylic acids is 1. The van der Waals surface area contributed by atoms with Crippen molar-refractivity contribution in [2.75, 3.05) is 26.7 Å². The number of pyridine rings is 1. The first-order chi connectivity index (χ1) is 16.9. The van der Waals surface area contributed by atoms with E-state index in [0.717, 1.165) is 49.7 Å². The molecule has 188 valence electrons. The minimum Gasteiger partial charge on any atom is -0.497 e. The highest BCUT2D eigenvalue weighted by molar-refractivity contribution is 7.11. The number of carbonyl (C=O) groups is 1. The van der Waals surface area contributed by atoms with Crippen molar-refractivity contribution in [2.45, 2.75) is 51.6 Å². The Morgan fingerprint density at radius 3 is 2.89 bits per heavy atom. The Kier molecular flexibility index (Phi) is 8.74. The van der Waals surface area contributed by atoms with Crippen LogP contribution in [0.1, 0.15) is 53.6 Å². The predicted octanol–water partition coefficient (Wildman–Crippen LogP) is 6.45. The fourth-order valence-corrected chi connectivity index (χ4v) is 6.15. The molecule has 0 saturated carbocycles. The molecule has 0 radical (unpaired) electrons. The van der Waals surface area contributed by atoms with Crippen molar-refractivity contribution < 1.29 is 19.0 Å². The predicted molar refractivity (Wildman–Crippen MR) is 139 cm³/mol. The number of unbranched alkanes of at least 4 members (excludes halogenated alkanes) is 1. The van der Waals surface area contributed by atoms with E-state index in [-0.39, 0.29) is 5.92 Å². The van der Waals surface area contributed by atoms with Crippen LogP contribution >= 0.6 is 11.3 Å². The number of fused-ring (bicyclic) bond motifs is 1. The topological polar surface area (TPSA) is 62.7 Å². The van der Waals surface area contributed by atoms with Gasteiger partial charge in [-0.05, 0) is 106 Å². The van der Waals surface area contributed by atoms with Crippen LogP contribution in [0.4, 0.5) is 4.39 Å². The molecule has 1 aliphatic rings. The third-order valence-electron chi connectivity index (χ3n) is 7.21. The highest BCUT2D eigenvalue weighted by Gasteiger charge is 2.34. The third-order valence-corrected chi connectivity index (χ3v) is 8.27. The lowest BCUT2D eigenvalue weighted by Crippen LogP contribution is -2.44. The van der Waals surface area contributed by atoms with Gasteiger partial charge in [-0.3, -0.25) is 9.78 Å². The molecule has 35 heavy (non-hydrogen) atoms. The molecule has 0 amide bonds. The van der Waals surface area contributed by atoms with Crippen LogP contribution in [0, 0.1) is 18.8 Å². The quantitative estimate of drug-likeness (QED) is 0.308. The van der Waals surface area contributed by atoms with Gasteiger partial charge in [0.05, 0.1) is 18.5 Å². The van der Waals surface area contributed by atoms with Gasteiger partial charge >= 0.3 is 5.97 Å². The largest absolute Gasteiger partial charge is 0.497 e. The lowest BCUT2D eigenvalue weighted by atomic mass is 9.81. The molecule has 0 unspecified atom stereocenters. The number of piperidine rings is 1. The molecule has 1 N–H and O–H groups in total. The van der Waals surface area contributed by atoms with Crippen molar-refractivity contribution in [3.63, 3.8) is 0 Å². The van der Waals surface area contributed by atoms with E-state index in [1.807, 2.05) is 29.5 Å². The van der Waals surface area contributed by atoms with E-state index < -0.39 is 18.1 Å². The normalized spacial score (nSPS) is 19.6. The molecule has 3 aromatic rings. The first-order valence-corrected chi connectivity index (χ1v) is 13.3.